The summed E-state index contributed by atoms with van der Waals surface area (Å²) >= 11 is 0. The molecule has 0 aromatic heterocycles. The number of ether oxygens (including phenoxy) is 4. The van der Waals surface area contributed by atoms with Crippen molar-refractivity contribution < 1.29 is 23.7 Å². The quantitative estimate of drug-likeness (QED) is 0.474. The van der Waals surface area contributed by atoms with Crippen molar-refractivity contribution in [3.8, 4) is 11.5 Å². The summed E-state index contributed by atoms with van der Waals surface area (Å²) in [7, 11) is 1.33. The monoisotopic (exact) mass is 392 g/mol. The molecule has 0 heterocycles. The van der Waals surface area contributed by atoms with Crippen LogP contribution in [0.2, 0.25) is 0 Å². The lowest BCUT2D eigenvalue weighted by atomic mass is 10.2. The zero-order valence-electron chi connectivity index (χ0n) is 16.4. The Kier molecular flexibility index (Phi) is 7.66. The summed E-state index contributed by atoms with van der Waals surface area (Å²) in [5, 5.41) is 0. The summed E-state index contributed by atoms with van der Waals surface area (Å²) in [4.78, 5) is 11.3. The standard InChI is InChI=1S/C24H24O5/c1-26-23(25)18-27-17-21-13-8-14-22(28-15-19-9-4-2-5-10-19)24(21)29-16-20-11-6-3-7-12-20/h2-14H,15-18H2,1H3. The van der Waals surface area contributed by atoms with Crippen molar-refractivity contribution in [2.45, 2.75) is 19.8 Å². The molecular formula is C24H24O5. The van der Waals surface area contributed by atoms with E-state index in [1.807, 2.05) is 78.9 Å². The first-order chi connectivity index (χ1) is 14.3. The summed E-state index contributed by atoms with van der Waals surface area (Å²) in [6, 6.07) is 25.5. The van der Waals surface area contributed by atoms with Crippen LogP contribution in [-0.4, -0.2) is 19.7 Å². The number of esters is 1. The second-order valence-electron chi connectivity index (χ2n) is 6.36. The van der Waals surface area contributed by atoms with E-state index < -0.39 is 5.97 Å². The maximum Gasteiger partial charge on any atom is 0.331 e. The molecule has 0 aliphatic carbocycles. The topological polar surface area (TPSA) is 54.0 Å². The third-order valence-electron chi connectivity index (χ3n) is 4.23. The van der Waals surface area contributed by atoms with Gasteiger partial charge in [-0.3, -0.25) is 0 Å². The van der Waals surface area contributed by atoms with Gasteiger partial charge < -0.3 is 18.9 Å². The van der Waals surface area contributed by atoms with Gasteiger partial charge in [0.05, 0.1) is 13.7 Å². The highest BCUT2D eigenvalue weighted by molar-refractivity contribution is 5.70. The van der Waals surface area contributed by atoms with E-state index >= 15 is 0 Å². The zero-order valence-corrected chi connectivity index (χ0v) is 16.4. The summed E-state index contributed by atoms with van der Waals surface area (Å²) in [5.41, 5.74) is 2.91. The molecule has 3 rings (SSSR count). The highest BCUT2D eigenvalue weighted by atomic mass is 16.6. The Hall–Kier alpha value is -3.31. The molecule has 5 heteroatoms. The molecule has 0 saturated heterocycles. The molecule has 0 radical (unpaired) electrons. The van der Waals surface area contributed by atoms with Crippen LogP contribution in [0.15, 0.2) is 78.9 Å². The van der Waals surface area contributed by atoms with Gasteiger partial charge in [-0.05, 0) is 17.2 Å². The number of para-hydroxylation sites is 1. The van der Waals surface area contributed by atoms with Crippen molar-refractivity contribution in [2.75, 3.05) is 13.7 Å². The van der Waals surface area contributed by atoms with Crippen molar-refractivity contribution in [3.05, 3.63) is 95.6 Å². The fraction of sp³-hybridized carbons (Fsp3) is 0.208. The zero-order chi connectivity index (χ0) is 20.3. The average molecular weight is 392 g/mol. The van der Waals surface area contributed by atoms with Crippen LogP contribution < -0.4 is 9.47 Å². The number of hydrogen-bond acceptors (Lipinski definition) is 5. The Bertz CT molecular complexity index is 894. The number of hydrogen-bond donors (Lipinski definition) is 0. The first-order valence-electron chi connectivity index (χ1n) is 9.36. The first-order valence-corrected chi connectivity index (χ1v) is 9.36. The largest absolute Gasteiger partial charge is 0.485 e. The smallest absolute Gasteiger partial charge is 0.331 e. The molecule has 150 valence electrons. The molecule has 3 aromatic rings. The third kappa shape index (κ3) is 6.36. The minimum Gasteiger partial charge on any atom is -0.485 e. The van der Waals surface area contributed by atoms with E-state index in [1.165, 1.54) is 7.11 Å². The second-order valence-corrected chi connectivity index (χ2v) is 6.36. The average Bonchev–Trinajstić information content (AvgIpc) is 2.78. The third-order valence-corrected chi connectivity index (χ3v) is 4.23. The second kappa shape index (κ2) is 10.9. The van der Waals surface area contributed by atoms with Gasteiger partial charge in [0.1, 0.15) is 19.8 Å². The van der Waals surface area contributed by atoms with Crippen molar-refractivity contribution in [1.82, 2.24) is 0 Å². The Morgan fingerprint density at radius 2 is 1.34 bits per heavy atom. The highest BCUT2D eigenvalue weighted by Crippen LogP contribution is 2.33. The lowest BCUT2D eigenvalue weighted by molar-refractivity contribution is -0.146. The maximum absolute atomic E-state index is 11.3. The van der Waals surface area contributed by atoms with Crippen molar-refractivity contribution in [2.24, 2.45) is 0 Å². The van der Waals surface area contributed by atoms with E-state index in [2.05, 4.69) is 4.74 Å². The first kappa shape index (κ1) is 20.4. The molecule has 0 atom stereocenters. The van der Waals surface area contributed by atoms with Gasteiger partial charge in [0.15, 0.2) is 11.5 Å². The van der Waals surface area contributed by atoms with Gasteiger partial charge in [0, 0.05) is 5.56 Å². The highest BCUT2D eigenvalue weighted by Gasteiger charge is 2.13. The maximum atomic E-state index is 11.3. The Morgan fingerprint density at radius 1 is 0.724 bits per heavy atom. The normalized spacial score (nSPS) is 10.4. The van der Waals surface area contributed by atoms with Crippen molar-refractivity contribution in [3.63, 3.8) is 0 Å². The number of methoxy groups -OCH3 is 1. The Morgan fingerprint density at radius 3 is 1.97 bits per heavy atom. The number of carbonyl (C=O) groups excluding carboxylic acids is 1. The van der Waals surface area contributed by atoms with Crippen LogP contribution in [0, 0.1) is 0 Å². The molecule has 0 unspecified atom stereocenters. The minimum absolute atomic E-state index is 0.121. The van der Waals surface area contributed by atoms with E-state index in [9.17, 15) is 4.79 Å². The van der Waals surface area contributed by atoms with Gasteiger partial charge in [0.2, 0.25) is 0 Å². The SMILES string of the molecule is COC(=O)COCc1cccc(OCc2ccccc2)c1OCc1ccccc1. The van der Waals surface area contributed by atoms with E-state index in [0.717, 1.165) is 16.7 Å². The molecule has 0 amide bonds. The number of carbonyl (C=O) groups is 1. The van der Waals surface area contributed by atoms with Gasteiger partial charge in [-0.15, -0.1) is 0 Å². The van der Waals surface area contributed by atoms with Gasteiger partial charge in [-0.2, -0.15) is 0 Å². The predicted molar refractivity (Wildman–Crippen MR) is 110 cm³/mol. The van der Waals surface area contributed by atoms with E-state index in [-0.39, 0.29) is 13.2 Å². The van der Waals surface area contributed by atoms with Gasteiger partial charge >= 0.3 is 5.97 Å². The van der Waals surface area contributed by atoms with Gasteiger partial charge in [-0.1, -0.05) is 72.8 Å². The van der Waals surface area contributed by atoms with Gasteiger partial charge in [-0.25, -0.2) is 4.79 Å². The molecule has 0 saturated carbocycles. The van der Waals surface area contributed by atoms with E-state index in [1.54, 1.807) is 0 Å². The Labute approximate surface area is 170 Å². The van der Waals surface area contributed by atoms with Crippen LogP contribution in [0.4, 0.5) is 0 Å². The van der Waals surface area contributed by atoms with E-state index in [4.69, 9.17) is 14.2 Å². The molecule has 29 heavy (non-hydrogen) atoms. The summed E-state index contributed by atoms with van der Waals surface area (Å²) < 4.78 is 22.2. The predicted octanol–water partition coefficient (Wildman–Crippen LogP) is 4.53. The lowest BCUT2D eigenvalue weighted by Gasteiger charge is -2.17. The van der Waals surface area contributed by atoms with Crippen LogP contribution in [0.25, 0.3) is 0 Å². The fourth-order valence-electron chi connectivity index (χ4n) is 2.72. The molecule has 0 aliphatic heterocycles. The van der Waals surface area contributed by atoms with Crippen LogP contribution in [-0.2, 0) is 34.1 Å². The van der Waals surface area contributed by atoms with Gasteiger partial charge in [0.25, 0.3) is 0 Å². The number of rotatable bonds is 10. The van der Waals surface area contributed by atoms with Crippen LogP contribution >= 0.6 is 0 Å². The molecule has 0 spiro atoms. The van der Waals surface area contributed by atoms with Crippen LogP contribution in [0.5, 0.6) is 11.5 Å². The molecule has 0 fully saturated rings. The Balaban J connectivity index is 1.75. The molecule has 3 aromatic carbocycles. The summed E-state index contributed by atoms with van der Waals surface area (Å²) in [6.07, 6.45) is 0. The lowest BCUT2D eigenvalue weighted by Crippen LogP contribution is -2.11. The van der Waals surface area contributed by atoms with Crippen LogP contribution in [0.1, 0.15) is 16.7 Å². The van der Waals surface area contributed by atoms with Crippen molar-refractivity contribution in [1.29, 1.82) is 0 Å². The number of benzene rings is 3. The molecule has 0 bridgehead atoms. The van der Waals surface area contributed by atoms with Crippen LogP contribution in [0.3, 0.4) is 0 Å². The minimum atomic E-state index is -0.423. The fourth-order valence-corrected chi connectivity index (χ4v) is 2.72. The molecule has 5 nitrogen and oxygen atoms in total. The van der Waals surface area contributed by atoms with Crippen molar-refractivity contribution >= 4 is 5.97 Å². The molecule has 0 aliphatic rings. The summed E-state index contributed by atoms with van der Waals surface area (Å²) in [5.74, 6) is 0.814. The van der Waals surface area contributed by atoms with E-state index in [0.29, 0.717) is 24.7 Å². The molecule has 0 N–H and O–H groups in total. The molecular weight excluding hydrogens is 368 g/mol. The summed E-state index contributed by atoms with van der Waals surface area (Å²) in [6.45, 7) is 0.914.